The van der Waals surface area contributed by atoms with Gasteiger partial charge in [-0.15, -0.1) is 11.6 Å². The largest absolute Gasteiger partial charge is 0.478 e. The summed E-state index contributed by atoms with van der Waals surface area (Å²) in [4.78, 5) is 12.4. The highest BCUT2D eigenvalue weighted by Gasteiger charge is 2.23. The summed E-state index contributed by atoms with van der Waals surface area (Å²) in [6, 6.07) is 13.2. The Hall–Kier alpha value is -1.71. The lowest BCUT2D eigenvalue weighted by molar-refractivity contribution is -0.151. The van der Waals surface area contributed by atoms with Gasteiger partial charge in [0, 0.05) is 17.0 Å². The summed E-state index contributed by atoms with van der Waals surface area (Å²) in [6.45, 7) is 6.32. The van der Waals surface area contributed by atoms with Crippen molar-refractivity contribution in [3.05, 3.63) is 64.2 Å². The van der Waals surface area contributed by atoms with Crippen molar-refractivity contribution < 1.29 is 14.3 Å². The van der Waals surface area contributed by atoms with Crippen molar-refractivity contribution in [2.45, 2.75) is 45.1 Å². The Balaban J connectivity index is 2.25. The van der Waals surface area contributed by atoms with E-state index in [1.807, 2.05) is 30.3 Å². The molecule has 2 aromatic rings. The summed E-state index contributed by atoms with van der Waals surface area (Å²) in [5.74, 6) is 0.917. The first kappa shape index (κ1) is 20.6. The summed E-state index contributed by atoms with van der Waals surface area (Å²) >= 11 is 12.0. The van der Waals surface area contributed by atoms with Crippen LogP contribution < -0.4 is 4.74 Å². The molecule has 2 rings (SSSR count). The molecule has 140 valence electrons. The van der Waals surface area contributed by atoms with Gasteiger partial charge in [0.25, 0.3) is 0 Å². The molecule has 5 heteroatoms. The standard InChI is InChI=1S/C21H24Cl2O3/c1-4-25-21(24)20(11-15-5-8-18(23)9-6-15)26-19-10-7-16(14(2)3)12-17(19)13-22/h5-10,12,14,20H,4,11,13H2,1-3H3. The summed E-state index contributed by atoms with van der Waals surface area (Å²) in [6.07, 6.45) is -0.355. The van der Waals surface area contributed by atoms with Gasteiger partial charge >= 0.3 is 5.97 Å². The van der Waals surface area contributed by atoms with Gasteiger partial charge < -0.3 is 9.47 Å². The Morgan fingerprint density at radius 1 is 1.12 bits per heavy atom. The Morgan fingerprint density at radius 2 is 1.81 bits per heavy atom. The van der Waals surface area contributed by atoms with Crippen molar-refractivity contribution in [3.63, 3.8) is 0 Å². The van der Waals surface area contributed by atoms with Gasteiger partial charge in [-0.3, -0.25) is 0 Å². The number of carbonyl (C=O) groups excluding carboxylic acids is 1. The van der Waals surface area contributed by atoms with E-state index in [0.29, 0.717) is 35.6 Å². The van der Waals surface area contributed by atoms with E-state index in [4.69, 9.17) is 32.7 Å². The fraction of sp³-hybridized carbons (Fsp3) is 0.381. The van der Waals surface area contributed by atoms with Gasteiger partial charge in [0.2, 0.25) is 0 Å². The van der Waals surface area contributed by atoms with Crippen LogP contribution in [0.15, 0.2) is 42.5 Å². The van der Waals surface area contributed by atoms with E-state index in [-0.39, 0.29) is 0 Å². The quantitative estimate of drug-likeness (QED) is 0.421. The van der Waals surface area contributed by atoms with Crippen LogP contribution in [0.5, 0.6) is 5.75 Å². The number of hydrogen-bond acceptors (Lipinski definition) is 3. The fourth-order valence-corrected chi connectivity index (χ4v) is 2.91. The molecule has 0 fully saturated rings. The minimum atomic E-state index is -0.747. The molecule has 0 saturated carbocycles. The summed E-state index contributed by atoms with van der Waals surface area (Å²) in [5, 5.41) is 0.649. The minimum absolute atomic E-state index is 0.300. The van der Waals surface area contributed by atoms with Crippen molar-refractivity contribution in [2.24, 2.45) is 0 Å². The van der Waals surface area contributed by atoms with Gasteiger partial charge in [0.05, 0.1) is 12.5 Å². The molecule has 3 nitrogen and oxygen atoms in total. The first-order chi connectivity index (χ1) is 12.4. The van der Waals surface area contributed by atoms with Crippen LogP contribution in [0.2, 0.25) is 5.02 Å². The number of hydrogen-bond donors (Lipinski definition) is 0. The molecule has 0 radical (unpaired) electrons. The lowest BCUT2D eigenvalue weighted by Crippen LogP contribution is -2.32. The number of esters is 1. The van der Waals surface area contributed by atoms with Gasteiger partial charge in [-0.25, -0.2) is 4.79 Å². The van der Waals surface area contributed by atoms with Crippen molar-refractivity contribution in [1.82, 2.24) is 0 Å². The van der Waals surface area contributed by atoms with Crippen molar-refractivity contribution in [3.8, 4) is 5.75 Å². The lowest BCUT2D eigenvalue weighted by atomic mass is 10.0. The SMILES string of the molecule is CCOC(=O)C(Cc1ccc(Cl)cc1)Oc1ccc(C(C)C)cc1CCl. The summed E-state index contributed by atoms with van der Waals surface area (Å²) in [7, 11) is 0. The number of halogens is 2. The molecular formula is C21H24Cl2O3. The van der Waals surface area contributed by atoms with Crippen LogP contribution in [-0.4, -0.2) is 18.7 Å². The van der Waals surface area contributed by atoms with Crippen LogP contribution >= 0.6 is 23.2 Å². The third-order valence-electron chi connectivity index (χ3n) is 4.05. The Labute approximate surface area is 165 Å². The second kappa shape index (κ2) is 9.84. The molecule has 2 aromatic carbocycles. The third kappa shape index (κ3) is 5.65. The van der Waals surface area contributed by atoms with Gasteiger partial charge in [-0.1, -0.05) is 49.7 Å². The average Bonchev–Trinajstić information content (AvgIpc) is 2.63. The molecule has 0 amide bonds. The predicted molar refractivity (Wildman–Crippen MR) is 106 cm³/mol. The zero-order chi connectivity index (χ0) is 19.1. The lowest BCUT2D eigenvalue weighted by Gasteiger charge is -2.20. The maximum absolute atomic E-state index is 12.4. The molecule has 0 saturated heterocycles. The zero-order valence-corrected chi connectivity index (χ0v) is 16.8. The van der Waals surface area contributed by atoms with E-state index in [2.05, 4.69) is 13.8 Å². The molecular weight excluding hydrogens is 371 g/mol. The first-order valence-electron chi connectivity index (χ1n) is 8.71. The van der Waals surface area contributed by atoms with Gasteiger partial charge in [0.1, 0.15) is 5.75 Å². The zero-order valence-electron chi connectivity index (χ0n) is 15.3. The highest BCUT2D eigenvalue weighted by Crippen LogP contribution is 2.27. The maximum Gasteiger partial charge on any atom is 0.347 e. The topological polar surface area (TPSA) is 35.5 Å². The van der Waals surface area contributed by atoms with Crippen LogP contribution in [0, 0.1) is 0 Å². The van der Waals surface area contributed by atoms with Crippen LogP contribution in [0.1, 0.15) is 43.4 Å². The van der Waals surface area contributed by atoms with E-state index in [0.717, 1.165) is 11.1 Å². The summed E-state index contributed by atoms with van der Waals surface area (Å²) in [5.41, 5.74) is 2.99. The molecule has 0 heterocycles. The third-order valence-corrected chi connectivity index (χ3v) is 4.59. The highest BCUT2D eigenvalue weighted by molar-refractivity contribution is 6.30. The monoisotopic (exact) mass is 394 g/mol. The number of rotatable bonds is 8. The first-order valence-corrected chi connectivity index (χ1v) is 9.62. The molecule has 0 bridgehead atoms. The second-order valence-electron chi connectivity index (χ2n) is 6.34. The number of benzene rings is 2. The molecule has 0 aliphatic rings. The van der Waals surface area contributed by atoms with Crippen LogP contribution in [0.25, 0.3) is 0 Å². The smallest absolute Gasteiger partial charge is 0.347 e. The van der Waals surface area contributed by atoms with Crippen LogP contribution in [0.4, 0.5) is 0 Å². The number of alkyl halides is 1. The van der Waals surface area contributed by atoms with E-state index < -0.39 is 12.1 Å². The van der Waals surface area contributed by atoms with E-state index in [9.17, 15) is 4.79 Å². The fourth-order valence-electron chi connectivity index (χ4n) is 2.57. The Kier molecular flexibility index (Phi) is 7.80. The molecule has 0 aliphatic heterocycles. The van der Waals surface area contributed by atoms with Crippen molar-refractivity contribution in [2.75, 3.05) is 6.61 Å². The summed E-state index contributed by atoms with van der Waals surface area (Å²) < 4.78 is 11.2. The van der Waals surface area contributed by atoms with Crippen LogP contribution in [0.3, 0.4) is 0 Å². The van der Waals surface area contributed by atoms with Crippen molar-refractivity contribution in [1.29, 1.82) is 0 Å². The molecule has 0 spiro atoms. The van der Waals surface area contributed by atoms with Gasteiger partial charge in [0.15, 0.2) is 6.10 Å². The van der Waals surface area contributed by atoms with Gasteiger partial charge in [-0.2, -0.15) is 0 Å². The number of carbonyl (C=O) groups is 1. The molecule has 1 unspecified atom stereocenters. The molecule has 0 N–H and O–H groups in total. The van der Waals surface area contributed by atoms with E-state index in [1.54, 1.807) is 19.1 Å². The Bertz CT molecular complexity index is 727. The molecule has 26 heavy (non-hydrogen) atoms. The second-order valence-corrected chi connectivity index (χ2v) is 7.05. The molecule has 0 aromatic heterocycles. The maximum atomic E-state index is 12.4. The van der Waals surface area contributed by atoms with E-state index in [1.165, 1.54) is 5.56 Å². The average molecular weight is 395 g/mol. The molecule has 0 aliphatic carbocycles. The van der Waals surface area contributed by atoms with E-state index >= 15 is 0 Å². The number of ether oxygens (including phenoxy) is 2. The normalized spacial score (nSPS) is 12.1. The minimum Gasteiger partial charge on any atom is -0.478 e. The van der Waals surface area contributed by atoms with Gasteiger partial charge in [-0.05, 0) is 42.2 Å². The van der Waals surface area contributed by atoms with Crippen LogP contribution in [-0.2, 0) is 21.8 Å². The Morgan fingerprint density at radius 3 is 2.38 bits per heavy atom. The van der Waals surface area contributed by atoms with Crippen molar-refractivity contribution >= 4 is 29.2 Å². The highest BCUT2D eigenvalue weighted by atomic mass is 35.5. The predicted octanol–water partition coefficient (Wildman–Crippen LogP) is 5.76. The molecule has 1 atom stereocenters.